The highest BCUT2D eigenvalue weighted by Gasteiger charge is 2.24. The van der Waals surface area contributed by atoms with Crippen molar-refractivity contribution in [3.8, 4) is 0 Å². The molecule has 1 amide bonds. The molecule has 4 aromatic rings. The number of rotatable bonds is 8. The number of benzene rings is 3. The number of sulfone groups is 1. The van der Waals surface area contributed by atoms with Crippen LogP contribution in [0.3, 0.4) is 0 Å². The molecule has 0 aliphatic carbocycles. The van der Waals surface area contributed by atoms with Crippen LogP contribution >= 0.6 is 11.3 Å². The summed E-state index contributed by atoms with van der Waals surface area (Å²) in [5.74, 6) is -0.346. The third kappa shape index (κ3) is 5.83. The second kappa shape index (κ2) is 11.1. The summed E-state index contributed by atoms with van der Waals surface area (Å²) in [5, 5.41) is 0.494. The smallest absolute Gasteiger partial charge is 0.260 e. The predicted molar refractivity (Wildman–Crippen MR) is 148 cm³/mol. The molecule has 0 atom stereocenters. The molecule has 0 bridgehead atoms. The van der Waals surface area contributed by atoms with Crippen molar-refractivity contribution in [1.29, 1.82) is 0 Å². The number of morpholine rings is 1. The second-order valence-electron chi connectivity index (χ2n) is 9.08. The first kappa shape index (κ1) is 26.2. The van der Waals surface area contributed by atoms with Gasteiger partial charge < -0.3 is 4.74 Å². The molecule has 196 valence electrons. The number of carbonyl (C=O) groups excluding carboxylic acids is 2. The van der Waals surface area contributed by atoms with Crippen LogP contribution in [0.5, 0.6) is 0 Å². The molecular formula is C28H27N3O5S2. The molecule has 38 heavy (non-hydrogen) atoms. The average Bonchev–Trinajstić information content (AvgIpc) is 3.36. The lowest BCUT2D eigenvalue weighted by Gasteiger charge is -2.29. The normalized spacial score (nSPS) is 14.4. The fraction of sp³-hybridized carbons (Fsp3) is 0.250. The van der Waals surface area contributed by atoms with E-state index >= 15 is 0 Å². The average molecular weight is 550 g/mol. The zero-order chi connectivity index (χ0) is 26.7. The van der Waals surface area contributed by atoms with E-state index < -0.39 is 9.84 Å². The van der Waals surface area contributed by atoms with Crippen molar-refractivity contribution in [1.82, 2.24) is 9.88 Å². The third-order valence-corrected chi connectivity index (χ3v) is 8.58. The molecule has 0 radical (unpaired) electrons. The van der Waals surface area contributed by atoms with Crippen molar-refractivity contribution in [3.05, 3.63) is 89.5 Å². The third-order valence-electron chi connectivity index (χ3n) is 6.43. The van der Waals surface area contributed by atoms with Crippen LogP contribution < -0.4 is 4.90 Å². The highest BCUT2D eigenvalue weighted by Crippen LogP contribution is 2.31. The van der Waals surface area contributed by atoms with E-state index in [1.165, 1.54) is 23.7 Å². The molecule has 1 fully saturated rings. The molecule has 0 spiro atoms. The van der Waals surface area contributed by atoms with Crippen LogP contribution in [-0.2, 0) is 14.6 Å². The molecule has 1 aliphatic rings. The summed E-state index contributed by atoms with van der Waals surface area (Å²) in [6, 6.07) is 20.5. The number of ketones is 1. The molecule has 0 unspecified atom stereocenters. The zero-order valence-corrected chi connectivity index (χ0v) is 22.5. The molecular weight excluding hydrogens is 522 g/mol. The van der Waals surface area contributed by atoms with Crippen molar-refractivity contribution < 1.29 is 22.7 Å². The number of ether oxygens (including phenoxy) is 1. The largest absolute Gasteiger partial charge is 0.379 e. The van der Waals surface area contributed by atoms with E-state index in [2.05, 4.69) is 9.88 Å². The van der Waals surface area contributed by atoms with Gasteiger partial charge in [-0.2, -0.15) is 0 Å². The fourth-order valence-corrected chi connectivity index (χ4v) is 6.02. The van der Waals surface area contributed by atoms with Crippen molar-refractivity contribution in [2.75, 3.05) is 50.5 Å². The second-order valence-corrected chi connectivity index (χ2v) is 12.1. The van der Waals surface area contributed by atoms with Gasteiger partial charge in [0.15, 0.2) is 20.8 Å². The zero-order valence-electron chi connectivity index (χ0n) is 20.9. The fourth-order valence-electron chi connectivity index (χ4n) is 4.27. The van der Waals surface area contributed by atoms with Crippen LogP contribution in [0.1, 0.15) is 26.3 Å². The molecule has 2 heterocycles. The SMILES string of the molecule is CS(=O)(=O)c1ccc2nc(N(CCN3CCOCC3)C(=O)c3ccc(C(=O)c4ccccc4)cc3)sc2c1. The van der Waals surface area contributed by atoms with E-state index in [4.69, 9.17) is 4.74 Å². The molecule has 8 nitrogen and oxygen atoms in total. The summed E-state index contributed by atoms with van der Waals surface area (Å²) in [6.07, 6.45) is 1.17. The lowest BCUT2D eigenvalue weighted by atomic mass is 10.0. The highest BCUT2D eigenvalue weighted by molar-refractivity contribution is 7.90. The van der Waals surface area contributed by atoms with E-state index in [1.807, 2.05) is 18.2 Å². The van der Waals surface area contributed by atoms with Crippen LogP contribution in [0.2, 0.25) is 0 Å². The Balaban J connectivity index is 1.43. The van der Waals surface area contributed by atoms with Gasteiger partial charge in [0.05, 0.1) is 28.3 Å². The highest BCUT2D eigenvalue weighted by atomic mass is 32.2. The topological polar surface area (TPSA) is 96.9 Å². The van der Waals surface area contributed by atoms with Crippen LogP contribution in [0, 0.1) is 0 Å². The molecule has 0 N–H and O–H groups in total. The number of thiazole rings is 1. The molecule has 1 saturated heterocycles. The lowest BCUT2D eigenvalue weighted by Crippen LogP contribution is -2.43. The van der Waals surface area contributed by atoms with Gasteiger partial charge in [0.1, 0.15) is 0 Å². The van der Waals surface area contributed by atoms with Gasteiger partial charge in [-0.15, -0.1) is 0 Å². The molecule has 3 aromatic carbocycles. The number of aromatic nitrogens is 1. The van der Waals surface area contributed by atoms with Gasteiger partial charge in [0.2, 0.25) is 0 Å². The number of fused-ring (bicyclic) bond motifs is 1. The molecule has 0 saturated carbocycles. The van der Waals surface area contributed by atoms with Gasteiger partial charge in [-0.25, -0.2) is 13.4 Å². The Kier molecular flexibility index (Phi) is 7.66. The first-order valence-corrected chi connectivity index (χ1v) is 14.9. The van der Waals surface area contributed by atoms with Crippen molar-refractivity contribution >= 4 is 48.2 Å². The minimum Gasteiger partial charge on any atom is -0.379 e. The number of anilines is 1. The summed E-state index contributed by atoms with van der Waals surface area (Å²) in [5.41, 5.74) is 2.15. The van der Waals surface area contributed by atoms with Crippen molar-refractivity contribution in [2.24, 2.45) is 0 Å². The Labute approximate surface area is 225 Å². The van der Waals surface area contributed by atoms with Crippen molar-refractivity contribution in [2.45, 2.75) is 4.90 Å². The minimum atomic E-state index is -3.37. The lowest BCUT2D eigenvalue weighted by molar-refractivity contribution is 0.0391. The molecule has 5 rings (SSSR count). The summed E-state index contributed by atoms with van der Waals surface area (Å²) in [4.78, 5) is 35.3. The number of hydrogen-bond acceptors (Lipinski definition) is 8. The summed E-state index contributed by atoms with van der Waals surface area (Å²) in [6.45, 7) is 3.93. The van der Waals surface area contributed by atoms with Gasteiger partial charge in [-0.05, 0) is 30.3 Å². The first-order valence-electron chi connectivity index (χ1n) is 12.2. The maximum Gasteiger partial charge on any atom is 0.260 e. The number of nitrogens with zero attached hydrogens (tertiary/aromatic N) is 3. The molecule has 1 aromatic heterocycles. The van der Waals surface area contributed by atoms with Crippen LogP contribution in [-0.4, -0.2) is 75.6 Å². The Hall–Kier alpha value is -3.44. The maximum atomic E-state index is 13.7. The van der Waals surface area contributed by atoms with Crippen LogP contribution in [0.4, 0.5) is 5.13 Å². The van der Waals surface area contributed by atoms with Crippen molar-refractivity contribution in [3.63, 3.8) is 0 Å². The van der Waals surface area contributed by atoms with Gasteiger partial charge in [-0.3, -0.25) is 19.4 Å². The first-order chi connectivity index (χ1) is 18.3. The summed E-state index contributed by atoms with van der Waals surface area (Å²) >= 11 is 1.28. The van der Waals surface area contributed by atoms with E-state index in [-0.39, 0.29) is 16.6 Å². The van der Waals surface area contributed by atoms with Gasteiger partial charge in [0.25, 0.3) is 5.91 Å². The van der Waals surface area contributed by atoms with E-state index in [0.29, 0.717) is 58.3 Å². The summed E-state index contributed by atoms with van der Waals surface area (Å²) < 4.78 is 30.2. The summed E-state index contributed by atoms with van der Waals surface area (Å²) in [7, 11) is -3.37. The van der Waals surface area contributed by atoms with E-state index in [0.717, 1.165) is 13.1 Å². The Morgan fingerprint density at radius 3 is 2.29 bits per heavy atom. The number of amides is 1. The van der Waals surface area contributed by atoms with Gasteiger partial charge in [-0.1, -0.05) is 53.8 Å². The van der Waals surface area contributed by atoms with E-state index in [1.54, 1.807) is 53.4 Å². The van der Waals surface area contributed by atoms with E-state index in [9.17, 15) is 18.0 Å². The standard InChI is InChI=1S/C28H27N3O5S2/c1-38(34,35)23-11-12-24-25(19-23)37-28(29-24)31(14-13-30-15-17-36-18-16-30)27(33)22-9-7-21(8-10-22)26(32)20-5-3-2-4-6-20/h2-12,19H,13-18H2,1H3. The maximum absolute atomic E-state index is 13.7. The molecule has 1 aliphatic heterocycles. The Bertz CT molecular complexity index is 1560. The Morgan fingerprint density at radius 1 is 0.947 bits per heavy atom. The Morgan fingerprint density at radius 2 is 1.61 bits per heavy atom. The monoisotopic (exact) mass is 549 g/mol. The van der Waals surface area contributed by atoms with Gasteiger partial charge in [0, 0.05) is 49.1 Å². The van der Waals surface area contributed by atoms with Crippen LogP contribution in [0.15, 0.2) is 77.7 Å². The minimum absolute atomic E-state index is 0.110. The number of carbonyl (C=O) groups is 2. The number of hydrogen-bond donors (Lipinski definition) is 0. The predicted octanol–water partition coefficient (Wildman–Crippen LogP) is 3.91. The quantitative estimate of drug-likeness (QED) is 0.308. The molecule has 10 heteroatoms. The van der Waals surface area contributed by atoms with Crippen LogP contribution in [0.25, 0.3) is 10.2 Å². The van der Waals surface area contributed by atoms with Gasteiger partial charge >= 0.3 is 0 Å².